The van der Waals surface area contributed by atoms with Crippen LogP contribution in [0.1, 0.15) is 17.2 Å². The molecule has 2 unspecified atom stereocenters. The van der Waals surface area contributed by atoms with Crippen LogP contribution in [0.4, 0.5) is 8.78 Å². The van der Waals surface area contributed by atoms with Crippen molar-refractivity contribution in [2.75, 3.05) is 6.26 Å². The number of carbonyl (C=O) groups excluding carboxylic acids is 1. The summed E-state index contributed by atoms with van der Waals surface area (Å²) in [6, 6.07) is 9.52. The molecule has 0 amide bonds. The van der Waals surface area contributed by atoms with Gasteiger partial charge in [0, 0.05) is 11.8 Å². The summed E-state index contributed by atoms with van der Waals surface area (Å²) in [6.45, 7) is 0. The van der Waals surface area contributed by atoms with Crippen LogP contribution < -0.4 is 0 Å². The molecule has 6 heteroatoms. The van der Waals surface area contributed by atoms with Crippen LogP contribution in [0.15, 0.2) is 53.6 Å². The molecule has 2 aromatic rings. The van der Waals surface area contributed by atoms with E-state index in [2.05, 4.69) is 0 Å². The zero-order chi connectivity index (χ0) is 16.6. The van der Waals surface area contributed by atoms with Gasteiger partial charge in [-0.05, 0) is 29.8 Å². The molecule has 0 radical (unpaired) electrons. The minimum atomic E-state index is -1.45. The van der Waals surface area contributed by atoms with Crippen LogP contribution in [-0.2, 0) is 20.3 Å². The van der Waals surface area contributed by atoms with Crippen LogP contribution in [0.3, 0.4) is 0 Å². The fourth-order valence-electron chi connectivity index (χ4n) is 2.38. The highest BCUT2D eigenvalue weighted by molar-refractivity contribution is 7.84. The quantitative estimate of drug-likeness (QED) is 0.864. The number of halogens is 2. The Hall–Kier alpha value is -2.34. The van der Waals surface area contributed by atoms with Crippen molar-refractivity contribution in [3.05, 3.63) is 71.5 Å². The molecule has 0 saturated heterocycles. The predicted octanol–water partition coefficient (Wildman–Crippen LogP) is 3.38. The third kappa shape index (κ3) is 2.94. The van der Waals surface area contributed by atoms with Gasteiger partial charge in [0.25, 0.3) is 0 Å². The number of ketones is 1. The van der Waals surface area contributed by atoms with Crippen molar-refractivity contribution < 1.29 is 22.5 Å². The van der Waals surface area contributed by atoms with E-state index in [1.54, 1.807) is 0 Å². The van der Waals surface area contributed by atoms with E-state index in [1.165, 1.54) is 48.9 Å². The molecule has 1 aliphatic heterocycles. The van der Waals surface area contributed by atoms with Crippen LogP contribution in [-0.4, -0.2) is 16.2 Å². The van der Waals surface area contributed by atoms with Gasteiger partial charge in [-0.3, -0.25) is 9.00 Å². The molecule has 2 aromatic carbocycles. The Balaban J connectivity index is 1.87. The van der Waals surface area contributed by atoms with Crippen LogP contribution in [0.25, 0.3) is 5.57 Å². The standard InChI is InChI=1S/C17H12F2O3S/c1-23(21)15-7-4-11(8-14(15)19)17-16(20)13(9-22-17)10-2-5-12(18)6-3-10/h2-9,17H,1H3. The second kappa shape index (κ2) is 6.04. The van der Waals surface area contributed by atoms with Crippen LogP contribution in [0, 0.1) is 11.6 Å². The molecule has 3 rings (SSSR count). The lowest BCUT2D eigenvalue weighted by Gasteiger charge is -2.11. The van der Waals surface area contributed by atoms with E-state index in [0.717, 1.165) is 6.07 Å². The molecule has 0 saturated carbocycles. The Morgan fingerprint density at radius 1 is 1.09 bits per heavy atom. The van der Waals surface area contributed by atoms with Gasteiger partial charge in [-0.15, -0.1) is 0 Å². The first kappa shape index (κ1) is 15.6. The van der Waals surface area contributed by atoms with Crippen LogP contribution in [0.2, 0.25) is 0 Å². The highest BCUT2D eigenvalue weighted by Crippen LogP contribution is 2.34. The summed E-state index contributed by atoms with van der Waals surface area (Å²) in [6.07, 6.45) is 1.72. The molecule has 3 nitrogen and oxygen atoms in total. The molecule has 1 aliphatic rings. The van der Waals surface area contributed by atoms with Gasteiger partial charge in [0.2, 0.25) is 5.78 Å². The molecular formula is C17H12F2O3S. The molecular weight excluding hydrogens is 322 g/mol. The first-order chi connectivity index (χ1) is 11.0. The van der Waals surface area contributed by atoms with Crippen molar-refractivity contribution >= 4 is 22.2 Å². The molecule has 0 N–H and O–H groups in total. The van der Waals surface area contributed by atoms with Crippen molar-refractivity contribution in [1.29, 1.82) is 0 Å². The largest absolute Gasteiger partial charge is 0.484 e. The van der Waals surface area contributed by atoms with Crippen LogP contribution >= 0.6 is 0 Å². The average Bonchev–Trinajstić information content (AvgIpc) is 2.89. The first-order valence-corrected chi connectivity index (χ1v) is 8.32. The van der Waals surface area contributed by atoms with Crippen molar-refractivity contribution in [3.8, 4) is 0 Å². The Morgan fingerprint density at radius 3 is 2.39 bits per heavy atom. The number of carbonyl (C=O) groups is 1. The maximum Gasteiger partial charge on any atom is 0.211 e. The third-order valence-corrected chi connectivity index (χ3v) is 4.50. The number of ether oxygens (including phenoxy) is 1. The van der Waals surface area contributed by atoms with Crippen LogP contribution in [0.5, 0.6) is 0 Å². The maximum atomic E-state index is 13.9. The van der Waals surface area contributed by atoms with Crippen molar-refractivity contribution in [3.63, 3.8) is 0 Å². The Morgan fingerprint density at radius 2 is 1.78 bits per heavy atom. The van der Waals surface area contributed by atoms with Gasteiger partial charge in [0.1, 0.15) is 11.6 Å². The van der Waals surface area contributed by atoms with Gasteiger partial charge >= 0.3 is 0 Å². The summed E-state index contributed by atoms with van der Waals surface area (Å²) in [7, 11) is -1.45. The zero-order valence-corrected chi connectivity index (χ0v) is 12.9. The maximum absolute atomic E-state index is 13.9. The van der Waals surface area contributed by atoms with E-state index < -0.39 is 28.5 Å². The van der Waals surface area contributed by atoms with Crippen molar-refractivity contribution in [2.24, 2.45) is 0 Å². The van der Waals surface area contributed by atoms with Crippen molar-refractivity contribution in [1.82, 2.24) is 0 Å². The van der Waals surface area contributed by atoms with E-state index in [0.29, 0.717) is 16.7 Å². The summed E-state index contributed by atoms with van der Waals surface area (Å²) in [5.41, 5.74) is 1.18. The topological polar surface area (TPSA) is 43.4 Å². The molecule has 0 aliphatic carbocycles. The molecule has 0 bridgehead atoms. The normalized spacial score (nSPS) is 18.5. The SMILES string of the molecule is CS(=O)c1ccc(C2OC=C(c3ccc(F)cc3)C2=O)cc1F. The zero-order valence-electron chi connectivity index (χ0n) is 12.1. The highest BCUT2D eigenvalue weighted by Gasteiger charge is 2.32. The molecule has 0 spiro atoms. The van der Waals surface area contributed by atoms with E-state index in [-0.39, 0.29) is 10.7 Å². The Labute approximate surface area is 134 Å². The van der Waals surface area contributed by atoms with Gasteiger partial charge in [-0.25, -0.2) is 8.78 Å². The first-order valence-electron chi connectivity index (χ1n) is 6.76. The fourth-order valence-corrected chi connectivity index (χ4v) is 2.97. The lowest BCUT2D eigenvalue weighted by molar-refractivity contribution is -0.119. The second-order valence-electron chi connectivity index (χ2n) is 5.06. The highest BCUT2D eigenvalue weighted by atomic mass is 32.2. The van der Waals surface area contributed by atoms with E-state index in [9.17, 15) is 17.8 Å². The monoisotopic (exact) mass is 334 g/mol. The lowest BCUT2D eigenvalue weighted by Crippen LogP contribution is -2.10. The Bertz CT molecular complexity index is 828. The summed E-state index contributed by atoms with van der Waals surface area (Å²) in [4.78, 5) is 12.5. The number of rotatable bonds is 3. The van der Waals surface area contributed by atoms with Gasteiger partial charge in [-0.2, -0.15) is 0 Å². The summed E-state index contributed by atoms with van der Waals surface area (Å²) in [5, 5.41) is 0. The van der Waals surface area contributed by atoms with E-state index >= 15 is 0 Å². The number of Topliss-reactive ketones (excluding diaryl/α,β-unsaturated/α-hetero) is 1. The average molecular weight is 334 g/mol. The molecule has 2 atom stereocenters. The molecule has 0 aromatic heterocycles. The smallest absolute Gasteiger partial charge is 0.211 e. The van der Waals surface area contributed by atoms with Gasteiger partial charge in [0.05, 0.1) is 27.5 Å². The minimum absolute atomic E-state index is 0.0749. The lowest BCUT2D eigenvalue weighted by atomic mass is 9.97. The molecule has 1 heterocycles. The summed E-state index contributed by atoms with van der Waals surface area (Å²) >= 11 is 0. The van der Waals surface area contributed by atoms with Crippen molar-refractivity contribution in [2.45, 2.75) is 11.0 Å². The molecule has 118 valence electrons. The summed E-state index contributed by atoms with van der Waals surface area (Å²) in [5.74, 6) is -1.38. The molecule has 0 fully saturated rings. The third-order valence-electron chi connectivity index (χ3n) is 3.55. The van der Waals surface area contributed by atoms with Gasteiger partial charge < -0.3 is 4.74 Å². The van der Waals surface area contributed by atoms with E-state index in [1.807, 2.05) is 0 Å². The Kier molecular flexibility index (Phi) is 4.09. The molecule has 23 heavy (non-hydrogen) atoms. The number of hydrogen-bond donors (Lipinski definition) is 0. The van der Waals surface area contributed by atoms with E-state index in [4.69, 9.17) is 4.74 Å². The van der Waals surface area contributed by atoms with Gasteiger partial charge in [-0.1, -0.05) is 18.2 Å². The predicted molar refractivity (Wildman–Crippen MR) is 81.9 cm³/mol. The minimum Gasteiger partial charge on any atom is -0.484 e. The second-order valence-corrected chi connectivity index (χ2v) is 6.41. The number of hydrogen-bond acceptors (Lipinski definition) is 3. The van der Waals surface area contributed by atoms with Gasteiger partial charge in [0.15, 0.2) is 6.10 Å². The summed E-state index contributed by atoms with van der Waals surface area (Å²) < 4.78 is 43.6. The number of benzene rings is 2. The fraction of sp³-hybridized carbons (Fsp3) is 0.118.